The van der Waals surface area contributed by atoms with Crippen LogP contribution in [-0.4, -0.2) is 23.0 Å². The molecule has 3 aromatic carbocycles. The molecule has 0 spiro atoms. The van der Waals surface area contributed by atoms with Crippen molar-refractivity contribution in [1.82, 2.24) is 9.97 Å². The van der Waals surface area contributed by atoms with Crippen LogP contribution in [0, 0.1) is 0 Å². The van der Waals surface area contributed by atoms with Crippen LogP contribution in [0.3, 0.4) is 0 Å². The highest BCUT2D eigenvalue weighted by Crippen LogP contribution is 2.31. The molecule has 1 N–H and O–H groups in total. The van der Waals surface area contributed by atoms with Crippen molar-refractivity contribution < 1.29 is 9.53 Å². The summed E-state index contributed by atoms with van der Waals surface area (Å²) in [6.07, 6.45) is 2.88. The number of nitrogens with zero attached hydrogens (tertiary/aromatic N) is 2. The van der Waals surface area contributed by atoms with Crippen LogP contribution in [0.1, 0.15) is 10.4 Å². The number of carbonyl (C=O) groups is 1. The summed E-state index contributed by atoms with van der Waals surface area (Å²) in [5.74, 6) is 0.415. The van der Waals surface area contributed by atoms with Gasteiger partial charge < -0.3 is 10.1 Å². The molecule has 0 atom stereocenters. The molecule has 6 heteroatoms. The summed E-state index contributed by atoms with van der Waals surface area (Å²) in [7, 11) is 1.50. The van der Waals surface area contributed by atoms with E-state index >= 15 is 0 Å². The maximum atomic E-state index is 12.6. The van der Waals surface area contributed by atoms with Crippen molar-refractivity contribution in [2.75, 3.05) is 12.4 Å². The second-order valence-corrected chi connectivity index (χ2v) is 6.94. The van der Waals surface area contributed by atoms with Crippen molar-refractivity contribution in [2.45, 2.75) is 0 Å². The minimum absolute atomic E-state index is 0.298. The van der Waals surface area contributed by atoms with Gasteiger partial charge in [0.25, 0.3) is 5.91 Å². The molecule has 1 heterocycles. The zero-order valence-corrected chi connectivity index (χ0v) is 16.9. The van der Waals surface area contributed by atoms with E-state index in [9.17, 15) is 4.79 Å². The van der Waals surface area contributed by atoms with Gasteiger partial charge in [0.2, 0.25) is 5.88 Å². The normalized spacial score (nSPS) is 10.5. The van der Waals surface area contributed by atoms with Crippen LogP contribution in [0.5, 0.6) is 5.88 Å². The summed E-state index contributed by atoms with van der Waals surface area (Å²) >= 11 is 6.42. The molecular formula is C24H18ClN3O2. The number of amides is 1. The fourth-order valence-corrected chi connectivity index (χ4v) is 3.26. The Bertz CT molecular complexity index is 1160. The maximum absolute atomic E-state index is 12.6. The van der Waals surface area contributed by atoms with Gasteiger partial charge in [-0.15, -0.1) is 0 Å². The van der Waals surface area contributed by atoms with E-state index in [0.717, 1.165) is 22.3 Å². The number of aromatic nitrogens is 2. The van der Waals surface area contributed by atoms with Crippen LogP contribution in [0.4, 0.5) is 5.82 Å². The molecule has 148 valence electrons. The third-order valence-electron chi connectivity index (χ3n) is 4.61. The molecule has 0 saturated heterocycles. The maximum Gasteiger partial charge on any atom is 0.256 e. The Balaban J connectivity index is 1.57. The topological polar surface area (TPSA) is 64.1 Å². The molecule has 0 saturated carbocycles. The lowest BCUT2D eigenvalue weighted by molar-refractivity contribution is 0.102. The number of rotatable bonds is 5. The molecule has 0 aliphatic heterocycles. The highest BCUT2D eigenvalue weighted by molar-refractivity contribution is 6.33. The SMILES string of the molecule is COc1cnc(NC(=O)c2ccc(Cl)c(-c3ccc(-c4ccccc4)cc3)c2)cn1. The summed E-state index contributed by atoms with van der Waals surface area (Å²) < 4.78 is 4.97. The number of hydrogen-bond donors (Lipinski definition) is 1. The Morgan fingerprint density at radius 1 is 0.867 bits per heavy atom. The first-order chi connectivity index (χ1) is 14.6. The van der Waals surface area contributed by atoms with E-state index in [1.807, 2.05) is 42.5 Å². The quantitative estimate of drug-likeness (QED) is 0.452. The van der Waals surface area contributed by atoms with E-state index in [0.29, 0.717) is 22.3 Å². The Kier molecular flexibility index (Phi) is 5.72. The first kappa shape index (κ1) is 19.6. The number of ether oxygens (including phenoxy) is 1. The second kappa shape index (κ2) is 8.76. The van der Waals surface area contributed by atoms with Crippen molar-refractivity contribution in [3.63, 3.8) is 0 Å². The van der Waals surface area contributed by atoms with Gasteiger partial charge in [-0.25, -0.2) is 9.97 Å². The van der Waals surface area contributed by atoms with E-state index in [1.54, 1.807) is 18.2 Å². The predicted octanol–water partition coefficient (Wildman–Crippen LogP) is 5.72. The van der Waals surface area contributed by atoms with Crippen LogP contribution in [0.2, 0.25) is 5.02 Å². The lowest BCUT2D eigenvalue weighted by Gasteiger charge is -2.10. The number of anilines is 1. The standard InChI is InChI=1S/C24H18ClN3O2/c1-30-23-15-26-22(14-27-23)28-24(29)19-11-12-21(25)20(13-19)18-9-7-17(8-10-18)16-5-3-2-4-6-16/h2-15H,1H3,(H,26,28,29). The van der Waals surface area contributed by atoms with E-state index in [4.69, 9.17) is 16.3 Å². The van der Waals surface area contributed by atoms with Crippen LogP contribution in [0.15, 0.2) is 85.2 Å². The molecule has 0 radical (unpaired) electrons. The molecule has 0 bridgehead atoms. The summed E-state index contributed by atoms with van der Waals surface area (Å²) in [5.41, 5.74) is 4.44. The van der Waals surface area contributed by atoms with Gasteiger partial charge in [0.1, 0.15) is 0 Å². The fraction of sp³-hybridized carbons (Fsp3) is 0.0417. The van der Waals surface area contributed by atoms with Crippen molar-refractivity contribution in [3.8, 4) is 28.1 Å². The van der Waals surface area contributed by atoms with Crippen molar-refractivity contribution >= 4 is 23.3 Å². The number of methoxy groups -OCH3 is 1. The summed E-state index contributed by atoms with van der Waals surface area (Å²) in [5, 5.41) is 3.30. The molecule has 0 unspecified atom stereocenters. The lowest BCUT2D eigenvalue weighted by Crippen LogP contribution is -2.13. The first-order valence-corrected chi connectivity index (χ1v) is 9.64. The van der Waals surface area contributed by atoms with Crippen LogP contribution >= 0.6 is 11.6 Å². The van der Waals surface area contributed by atoms with Gasteiger partial charge in [-0.05, 0) is 34.9 Å². The fourth-order valence-electron chi connectivity index (χ4n) is 3.04. The number of halogens is 1. The average Bonchev–Trinajstić information content (AvgIpc) is 2.80. The van der Waals surface area contributed by atoms with Gasteiger partial charge in [-0.2, -0.15) is 0 Å². The third-order valence-corrected chi connectivity index (χ3v) is 4.94. The molecule has 4 rings (SSSR count). The summed E-state index contributed by atoms with van der Waals surface area (Å²) in [6.45, 7) is 0. The molecule has 0 fully saturated rings. The molecule has 1 aromatic heterocycles. The van der Waals surface area contributed by atoms with Gasteiger partial charge in [0.05, 0.1) is 19.5 Å². The monoisotopic (exact) mass is 415 g/mol. The molecular weight excluding hydrogens is 398 g/mol. The molecule has 30 heavy (non-hydrogen) atoms. The highest BCUT2D eigenvalue weighted by atomic mass is 35.5. The summed E-state index contributed by atoms with van der Waals surface area (Å²) in [4.78, 5) is 20.8. The Labute approximate surface area is 179 Å². The molecule has 0 aliphatic rings. The minimum atomic E-state index is -0.298. The number of benzene rings is 3. The van der Waals surface area contributed by atoms with E-state index < -0.39 is 0 Å². The number of nitrogens with one attached hydrogen (secondary N) is 1. The smallest absolute Gasteiger partial charge is 0.256 e. The summed E-state index contributed by atoms with van der Waals surface area (Å²) in [6, 6.07) is 23.4. The Morgan fingerprint density at radius 2 is 1.57 bits per heavy atom. The predicted molar refractivity (Wildman–Crippen MR) is 119 cm³/mol. The van der Waals surface area contributed by atoms with Crippen LogP contribution in [0.25, 0.3) is 22.3 Å². The van der Waals surface area contributed by atoms with Crippen molar-refractivity contribution in [2.24, 2.45) is 0 Å². The number of hydrogen-bond acceptors (Lipinski definition) is 4. The lowest BCUT2D eigenvalue weighted by atomic mass is 9.99. The minimum Gasteiger partial charge on any atom is -0.480 e. The van der Waals surface area contributed by atoms with Crippen molar-refractivity contribution in [1.29, 1.82) is 0 Å². The van der Waals surface area contributed by atoms with Crippen LogP contribution in [-0.2, 0) is 0 Å². The average molecular weight is 416 g/mol. The van der Waals surface area contributed by atoms with Gasteiger partial charge in [0.15, 0.2) is 5.82 Å². The molecule has 0 aliphatic carbocycles. The van der Waals surface area contributed by atoms with E-state index in [1.165, 1.54) is 19.5 Å². The van der Waals surface area contributed by atoms with Gasteiger partial charge in [-0.1, -0.05) is 66.2 Å². The second-order valence-electron chi connectivity index (χ2n) is 6.54. The Hall–Kier alpha value is -3.70. The van der Waals surface area contributed by atoms with E-state index in [-0.39, 0.29) is 5.91 Å². The molecule has 5 nitrogen and oxygen atoms in total. The van der Waals surface area contributed by atoms with Crippen molar-refractivity contribution in [3.05, 3.63) is 95.8 Å². The van der Waals surface area contributed by atoms with E-state index in [2.05, 4.69) is 27.4 Å². The van der Waals surface area contributed by atoms with Crippen LogP contribution < -0.4 is 10.1 Å². The number of carbonyl (C=O) groups excluding carboxylic acids is 1. The van der Waals surface area contributed by atoms with Gasteiger partial charge in [0, 0.05) is 16.1 Å². The molecule has 4 aromatic rings. The largest absolute Gasteiger partial charge is 0.480 e. The van der Waals surface area contributed by atoms with Gasteiger partial charge in [-0.3, -0.25) is 4.79 Å². The van der Waals surface area contributed by atoms with Gasteiger partial charge >= 0.3 is 0 Å². The highest BCUT2D eigenvalue weighted by Gasteiger charge is 2.12. The first-order valence-electron chi connectivity index (χ1n) is 9.27. The zero-order chi connectivity index (χ0) is 20.9. The molecule has 1 amide bonds. The zero-order valence-electron chi connectivity index (χ0n) is 16.2. The third kappa shape index (κ3) is 4.31. The Morgan fingerprint density at radius 3 is 2.23 bits per heavy atom.